The summed E-state index contributed by atoms with van der Waals surface area (Å²) in [6.07, 6.45) is 1.63. The van der Waals surface area contributed by atoms with E-state index in [0.29, 0.717) is 38.9 Å². The lowest BCUT2D eigenvalue weighted by molar-refractivity contribution is -0.123. The summed E-state index contributed by atoms with van der Waals surface area (Å²) < 4.78 is 18.1. The molecule has 1 N–H and O–H groups in total. The lowest BCUT2D eigenvalue weighted by Crippen LogP contribution is -2.32. The van der Waals surface area contributed by atoms with Crippen LogP contribution in [0.2, 0.25) is 5.02 Å². The van der Waals surface area contributed by atoms with Gasteiger partial charge >= 0.3 is 0 Å². The van der Waals surface area contributed by atoms with Gasteiger partial charge in [0.25, 0.3) is 17.1 Å². The number of carbonyl (C=O) groups excluding carboxylic acids is 3. The highest BCUT2D eigenvalue weighted by molar-refractivity contribution is 9.10. The van der Waals surface area contributed by atoms with Crippen LogP contribution in [0.4, 0.5) is 10.5 Å². The molecule has 0 saturated carbocycles. The molecule has 3 amide bonds. The number of hydrogen-bond acceptors (Lipinski definition) is 7. The van der Waals surface area contributed by atoms with Crippen LogP contribution in [-0.2, 0) is 9.59 Å². The first-order chi connectivity index (χ1) is 21.0. The summed E-state index contributed by atoms with van der Waals surface area (Å²) >= 11 is 10.5. The molecule has 0 aromatic heterocycles. The van der Waals surface area contributed by atoms with Crippen molar-refractivity contribution in [3.05, 3.63) is 85.2 Å². The van der Waals surface area contributed by atoms with E-state index in [1.165, 1.54) is 4.90 Å². The van der Waals surface area contributed by atoms with E-state index >= 15 is 0 Å². The van der Waals surface area contributed by atoms with Crippen LogP contribution in [0.15, 0.2) is 57.9 Å². The molecule has 8 nitrogen and oxygen atoms in total. The van der Waals surface area contributed by atoms with Gasteiger partial charge in [0.2, 0.25) is 0 Å². The number of ether oxygens (including phenoxy) is 3. The van der Waals surface area contributed by atoms with E-state index in [-0.39, 0.29) is 47.6 Å². The number of amides is 3. The van der Waals surface area contributed by atoms with Crippen molar-refractivity contribution in [2.24, 2.45) is 0 Å². The van der Waals surface area contributed by atoms with Crippen molar-refractivity contribution < 1.29 is 28.6 Å². The monoisotopic (exact) mass is 700 g/mol. The van der Waals surface area contributed by atoms with Crippen molar-refractivity contribution in [3.8, 4) is 17.2 Å². The molecule has 0 spiro atoms. The number of benzene rings is 3. The molecule has 44 heavy (non-hydrogen) atoms. The number of nitrogens with zero attached hydrogens (tertiary/aromatic N) is 1. The van der Waals surface area contributed by atoms with E-state index in [2.05, 4.69) is 35.1 Å². The molecular weight excluding hydrogens is 668 g/mol. The highest BCUT2D eigenvalue weighted by Gasteiger charge is 2.35. The SMILES string of the molecule is CCOc1cc(/C=C2\SC(=O)N(CCOc3cc(C)ccc3C(C)C)C2=O)cc(Br)c1OCC(=O)Nc1ccc(C)c(Cl)c1. The summed E-state index contributed by atoms with van der Waals surface area (Å²) in [5.74, 6) is 0.992. The number of rotatable bonds is 12. The fourth-order valence-electron chi connectivity index (χ4n) is 4.41. The van der Waals surface area contributed by atoms with Crippen LogP contribution in [0.3, 0.4) is 0 Å². The third-order valence-electron chi connectivity index (χ3n) is 6.67. The maximum absolute atomic E-state index is 13.2. The second-order valence-electron chi connectivity index (χ2n) is 10.4. The van der Waals surface area contributed by atoms with Gasteiger partial charge in [-0.15, -0.1) is 0 Å². The second-order valence-corrected chi connectivity index (χ2v) is 12.7. The van der Waals surface area contributed by atoms with Crippen LogP contribution in [0.5, 0.6) is 17.2 Å². The van der Waals surface area contributed by atoms with Crippen molar-refractivity contribution in [2.75, 3.05) is 31.7 Å². The molecule has 1 aliphatic heterocycles. The Balaban J connectivity index is 1.42. The summed E-state index contributed by atoms with van der Waals surface area (Å²) in [6, 6.07) is 14.7. The van der Waals surface area contributed by atoms with Crippen LogP contribution < -0.4 is 19.5 Å². The Morgan fingerprint density at radius 1 is 1.05 bits per heavy atom. The summed E-state index contributed by atoms with van der Waals surface area (Å²) in [7, 11) is 0. The normalized spacial score (nSPS) is 14.0. The van der Waals surface area contributed by atoms with Crippen molar-refractivity contribution in [1.29, 1.82) is 0 Å². The maximum Gasteiger partial charge on any atom is 0.293 e. The predicted molar refractivity (Wildman–Crippen MR) is 179 cm³/mol. The van der Waals surface area contributed by atoms with Crippen LogP contribution in [-0.4, -0.2) is 48.3 Å². The van der Waals surface area contributed by atoms with Crippen LogP contribution >= 0.6 is 39.3 Å². The highest BCUT2D eigenvalue weighted by Crippen LogP contribution is 2.39. The number of nitrogens with one attached hydrogen (secondary N) is 1. The Morgan fingerprint density at radius 2 is 1.82 bits per heavy atom. The van der Waals surface area contributed by atoms with Gasteiger partial charge in [-0.25, -0.2) is 0 Å². The Morgan fingerprint density at radius 3 is 2.52 bits per heavy atom. The number of halogens is 2. The van der Waals surface area contributed by atoms with E-state index in [4.69, 9.17) is 25.8 Å². The Hall–Kier alpha value is -3.47. The molecule has 232 valence electrons. The predicted octanol–water partition coefficient (Wildman–Crippen LogP) is 8.37. The highest BCUT2D eigenvalue weighted by atomic mass is 79.9. The molecule has 0 radical (unpaired) electrons. The van der Waals surface area contributed by atoms with Gasteiger partial charge in [0.15, 0.2) is 18.1 Å². The summed E-state index contributed by atoms with van der Waals surface area (Å²) in [4.78, 5) is 39.9. The Bertz CT molecular complexity index is 1610. The van der Waals surface area contributed by atoms with Crippen LogP contribution in [0.25, 0.3) is 6.08 Å². The molecule has 0 unspecified atom stereocenters. The van der Waals surface area contributed by atoms with Gasteiger partial charge in [0.1, 0.15) is 12.4 Å². The van der Waals surface area contributed by atoms with E-state index in [1.807, 2.05) is 45.0 Å². The zero-order valence-electron chi connectivity index (χ0n) is 25.2. The number of anilines is 1. The van der Waals surface area contributed by atoms with Crippen LogP contribution in [0, 0.1) is 13.8 Å². The van der Waals surface area contributed by atoms with Crippen molar-refractivity contribution in [1.82, 2.24) is 4.90 Å². The lowest BCUT2D eigenvalue weighted by atomic mass is 10.0. The third-order valence-corrected chi connectivity index (χ3v) is 8.57. The molecule has 11 heteroatoms. The largest absolute Gasteiger partial charge is 0.491 e. The van der Waals surface area contributed by atoms with E-state index in [0.717, 1.165) is 34.2 Å². The van der Waals surface area contributed by atoms with Crippen LogP contribution in [0.1, 0.15) is 48.9 Å². The Labute approximate surface area is 275 Å². The molecule has 3 aromatic carbocycles. The van der Waals surface area contributed by atoms with Crippen molar-refractivity contribution >= 4 is 68.1 Å². The summed E-state index contributed by atoms with van der Waals surface area (Å²) in [6.45, 7) is 10.3. The smallest absolute Gasteiger partial charge is 0.293 e. The first-order valence-electron chi connectivity index (χ1n) is 14.1. The van der Waals surface area contributed by atoms with Gasteiger partial charge in [-0.2, -0.15) is 0 Å². The number of thioether (sulfide) groups is 1. The maximum atomic E-state index is 13.2. The molecular formula is C33H34BrClN2O6S. The molecule has 1 aliphatic rings. The Kier molecular flexibility index (Phi) is 11.4. The third kappa shape index (κ3) is 8.37. The molecule has 1 heterocycles. The molecule has 0 bridgehead atoms. The number of aryl methyl sites for hydroxylation is 2. The average Bonchev–Trinajstić information content (AvgIpc) is 3.22. The van der Waals surface area contributed by atoms with Gasteiger partial charge in [0.05, 0.1) is 22.5 Å². The van der Waals surface area contributed by atoms with Gasteiger partial charge in [0, 0.05) is 10.7 Å². The minimum absolute atomic E-state index is 0.130. The minimum Gasteiger partial charge on any atom is -0.491 e. The van der Waals surface area contributed by atoms with E-state index < -0.39 is 0 Å². The molecule has 4 rings (SSSR count). The van der Waals surface area contributed by atoms with Gasteiger partial charge < -0.3 is 19.5 Å². The quantitative estimate of drug-likeness (QED) is 0.190. The zero-order chi connectivity index (χ0) is 32.0. The number of imide groups is 1. The standard InChI is InChI=1S/C33H34BrClN2O6S/c1-6-41-28-15-22(14-25(34)31(28)43-18-30(38)36-23-9-8-21(5)26(35)17-23)16-29-32(39)37(33(40)44-29)11-12-42-27-13-20(4)7-10-24(27)19(2)3/h7-10,13-17,19H,6,11-12,18H2,1-5H3,(H,36,38)/b29-16-. The first kappa shape index (κ1) is 33.4. The zero-order valence-corrected chi connectivity index (χ0v) is 28.3. The molecule has 1 saturated heterocycles. The number of carbonyl (C=O) groups is 3. The van der Waals surface area contributed by atoms with E-state index in [1.54, 1.807) is 30.3 Å². The molecule has 3 aromatic rings. The summed E-state index contributed by atoms with van der Waals surface area (Å²) in [5, 5.41) is 2.95. The molecule has 0 aliphatic carbocycles. The lowest BCUT2D eigenvalue weighted by Gasteiger charge is -2.17. The van der Waals surface area contributed by atoms with Crippen molar-refractivity contribution in [2.45, 2.75) is 40.5 Å². The van der Waals surface area contributed by atoms with Gasteiger partial charge in [-0.05, 0) is 113 Å². The minimum atomic E-state index is -0.390. The summed E-state index contributed by atoms with van der Waals surface area (Å²) in [5.41, 5.74) is 4.23. The molecule has 0 atom stereocenters. The van der Waals surface area contributed by atoms with E-state index in [9.17, 15) is 14.4 Å². The van der Waals surface area contributed by atoms with Gasteiger partial charge in [-0.1, -0.05) is 43.6 Å². The van der Waals surface area contributed by atoms with Crippen molar-refractivity contribution in [3.63, 3.8) is 0 Å². The fraction of sp³-hybridized carbons (Fsp3) is 0.303. The van der Waals surface area contributed by atoms with Gasteiger partial charge in [-0.3, -0.25) is 19.3 Å². The average molecular weight is 702 g/mol. The first-order valence-corrected chi connectivity index (χ1v) is 16.1. The second kappa shape index (κ2) is 15.0. The fourth-order valence-corrected chi connectivity index (χ4v) is 6.03. The topological polar surface area (TPSA) is 94.2 Å². The molecule has 1 fully saturated rings. The number of hydrogen-bond donors (Lipinski definition) is 1.